The van der Waals surface area contributed by atoms with Gasteiger partial charge in [0.05, 0.1) is 25.7 Å². The number of fused-ring (bicyclic) bond motifs is 1. The Morgan fingerprint density at radius 2 is 2.13 bits per heavy atom. The van der Waals surface area contributed by atoms with Crippen LogP contribution in [0.15, 0.2) is 22.7 Å². The van der Waals surface area contributed by atoms with Gasteiger partial charge in [-0.3, -0.25) is 4.79 Å². The summed E-state index contributed by atoms with van der Waals surface area (Å²) in [6.07, 6.45) is 4.78. The number of aromatic nitrogens is 1. The van der Waals surface area contributed by atoms with Crippen LogP contribution in [0.4, 0.5) is 0 Å². The smallest absolute Gasteiger partial charge is 0.308 e. The molecule has 2 atom stereocenters. The van der Waals surface area contributed by atoms with Crippen LogP contribution in [0.5, 0.6) is 11.6 Å². The SMILES string of the molecule is COC(=O)C1CCOC(CN2CCC(CCOc3noc4cccc(O)c34)CC2)C1. The first-order valence-corrected chi connectivity index (χ1v) is 10.8. The Labute approximate surface area is 176 Å². The van der Waals surface area contributed by atoms with Gasteiger partial charge in [0, 0.05) is 13.2 Å². The first-order chi connectivity index (χ1) is 14.6. The monoisotopic (exact) mass is 418 g/mol. The van der Waals surface area contributed by atoms with Gasteiger partial charge in [-0.1, -0.05) is 6.07 Å². The quantitative estimate of drug-likeness (QED) is 0.686. The molecule has 2 aliphatic heterocycles. The number of benzene rings is 1. The van der Waals surface area contributed by atoms with E-state index in [-0.39, 0.29) is 23.7 Å². The lowest BCUT2D eigenvalue weighted by atomic mass is 9.92. The predicted octanol–water partition coefficient (Wildman–Crippen LogP) is 2.98. The van der Waals surface area contributed by atoms with Crippen LogP contribution in [0.1, 0.15) is 32.1 Å². The number of carbonyl (C=O) groups is 1. The number of ether oxygens (including phenoxy) is 3. The van der Waals surface area contributed by atoms with Crippen LogP contribution in [0.2, 0.25) is 0 Å². The van der Waals surface area contributed by atoms with Gasteiger partial charge in [-0.2, -0.15) is 0 Å². The third-order valence-corrected chi connectivity index (χ3v) is 6.28. The average molecular weight is 418 g/mol. The van der Waals surface area contributed by atoms with E-state index in [0.29, 0.717) is 36.0 Å². The normalized spacial score (nSPS) is 23.5. The number of rotatable bonds is 7. The molecule has 0 radical (unpaired) electrons. The molecule has 8 heteroatoms. The van der Waals surface area contributed by atoms with E-state index >= 15 is 0 Å². The van der Waals surface area contributed by atoms with Crippen LogP contribution in [0, 0.1) is 11.8 Å². The Bertz CT molecular complexity index is 845. The van der Waals surface area contributed by atoms with Gasteiger partial charge in [-0.15, -0.1) is 0 Å². The number of carbonyl (C=O) groups excluding carboxylic acids is 1. The minimum atomic E-state index is -0.116. The van der Waals surface area contributed by atoms with Gasteiger partial charge in [0.2, 0.25) is 0 Å². The van der Waals surface area contributed by atoms with Gasteiger partial charge in [0.1, 0.15) is 11.1 Å². The van der Waals surface area contributed by atoms with Crippen molar-refractivity contribution < 1.29 is 28.6 Å². The summed E-state index contributed by atoms with van der Waals surface area (Å²) in [5.41, 5.74) is 0.526. The number of nitrogens with zero attached hydrogens (tertiary/aromatic N) is 2. The molecule has 2 unspecified atom stereocenters. The molecule has 4 rings (SSSR count). The summed E-state index contributed by atoms with van der Waals surface area (Å²) in [6, 6.07) is 5.08. The van der Waals surface area contributed by atoms with E-state index in [1.54, 1.807) is 18.2 Å². The lowest BCUT2D eigenvalue weighted by Crippen LogP contribution is -2.43. The van der Waals surface area contributed by atoms with Crippen LogP contribution < -0.4 is 4.74 Å². The number of esters is 1. The molecule has 0 bridgehead atoms. The molecule has 3 heterocycles. The van der Waals surface area contributed by atoms with Gasteiger partial charge < -0.3 is 28.7 Å². The van der Waals surface area contributed by atoms with E-state index in [0.717, 1.165) is 51.7 Å². The van der Waals surface area contributed by atoms with Crippen molar-refractivity contribution in [2.45, 2.75) is 38.2 Å². The molecule has 2 aliphatic rings. The lowest BCUT2D eigenvalue weighted by Gasteiger charge is -2.36. The Kier molecular flexibility index (Phi) is 6.74. The fourth-order valence-electron chi connectivity index (χ4n) is 4.50. The Balaban J connectivity index is 1.18. The van der Waals surface area contributed by atoms with Crippen molar-refractivity contribution in [1.29, 1.82) is 0 Å². The molecule has 1 aromatic heterocycles. The van der Waals surface area contributed by atoms with E-state index in [2.05, 4.69) is 10.1 Å². The molecule has 0 aliphatic carbocycles. The molecule has 0 spiro atoms. The average Bonchev–Trinajstić information content (AvgIpc) is 3.19. The number of phenolic OH excluding ortho intramolecular Hbond substituents is 1. The van der Waals surface area contributed by atoms with Crippen LogP contribution in [0.25, 0.3) is 11.0 Å². The third kappa shape index (κ3) is 4.87. The Hall–Kier alpha value is -2.32. The number of hydrogen-bond donors (Lipinski definition) is 1. The highest BCUT2D eigenvalue weighted by atomic mass is 16.5. The van der Waals surface area contributed by atoms with E-state index in [1.165, 1.54) is 7.11 Å². The summed E-state index contributed by atoms with van der Waals surface area (Å²) in [7, 11) is 1.45. The van der Waals surface area contributed by atoms with Crippen molar-refractivity contribution in [3.63, 3.8) is 0 Å². The van der Waals surface area contributed by atoms with Crippen molar-refractivity contribution in [2.75, 3.05) is 40.0 Å². The second-order valence-corrected chi connectivity index (χ2v) is 8.26. The largest absolute Gasteiger partial charge is 0.507 e. The van der Waals surface area contributed by atoms with Crippen molar-refractivity contribution in [3.8, 4) is 11.6 Å². The topological polar surface area (TPSA) is 94.3 Å². The Morgan fingerprint density at radius 1 is 1.30 bits per heavy atom. The minimum Gasteiger partial charge on any atom is -0.507 e. The summed E-state index contributed by atoms with van der Waals surface area (Å²) < 4.78 is 21.8. The maximum Gasteiger partial charge on any atom is 0.308 e. The summed E-state index contributed by atoms with van der Waals surface area (Å²) >= 11 is 0. The highest BCUT2D eigenvalue weighted by Crippen LogP contribution is 2.33. The fourth-order valence-corrected chi connectivity index (χ4v) is 4.50. The van der Waals surface area contributed by atoms with Crippen molar-refractivity contribution in [2.24, 2.45) is 11.8 Å². The highest BCUT2D eigenvalue weighted by molar-refractivity contribution is 5.88. The second-order valence-electron chi connectivity index (χ2n) is 8.26. The van der Waals surface area contributed by atoms with E-state index < -0.39 is 0 Å². The molecule has 2 fully saturated rings. The molecule has 1 N–H and O–H groups in total. The summed E-state index contributed by atoms with van der Waals surface area (Å²) in [6.45, 7) is 4.11. The van der Waals surface area contributed by atoms with Crippen LogP contribution in [-0.2, 0) is 14.3 Å². The number of phenols is 1. The molecular formula is C22H30N2O6. The van der Waals surface area contributed by atoms with E-state index in [1.807, 2.05) is 0 Å². The molecule has 164 valence electrons. The summed E-state index contributed by atoms with van der Waals surface area (Å²) in [5, 5.41) is 14.5. The molecule has 1 aromatic carbocycles. The Morgan fingerprint density at radius 3 is 2.93 bits per heavy atom. The lowest BCUT2D eigenvalue weighted by molar-refractivity contribution is -0.151. The second kappa shape index (κ2) is 9.66. The molecular weight excluding hydrogens is 388 g/mol. The zero-order valence-corrected chi connectivity index (χ0v) is 17.4. The van der Waals surface area contributed by atoms with Gasteiger partial charge in [0.25, 0.3) is 5.88 Å². The van der Waals surface area contributed by atoms with E-state index in [9.17, 15) is 9.90 Å². The zero-order chi connectivity index (χ0) is 20.9. The van der Waals surface area contributed by atoms with Crippen molar-refractivity contribution >= 4 is 16.9 Å². The number of piperidine rings is 1. The first-order valence-electron chi connectivity index (χ1n) is 10.8. The molecule has 2 aromatic rings. The third-order valence-electron chi connectivity index (χ3n) is 6.28. The van der Waals surface area contributed by atoms with Crippen molar-refractivity contribution in [1.82, 2.24) is 10.1 Å². The molecule has 30 heavy (non-hydrogen) atoms. The van der Waals surface area contributed by atoms with E-state index in [4.69, 9.17) is 18.7 Å². The standard InChI is InChI=1S/C22H30N2O6/c1-27-22(26)16-8-12-28-17(13-16)14-24-9-5-15(6-10-24)7-11-29-21-20-18(25)3-2-4-19(20)30-23-21/h2-4,15-17,25H,5-14H2,1H3. The number of aromatic hydroxyl groups is 1. The van der Waals surface area contributed by atoms with Crippen molar-refractivity contribution in [3.05, 3.63) is 18.2 Å². The first kappa shape index (κ1) is 20.9. The number of hydrogen-bond acceptors (Lipinski definition) is 8. The summed E-state index contributed by atoms with van der Waals surface area (Å²) in [5.74, 6) is 0.931. The van der Waals surface area contributed by atoms with Crippen LogP contribution in [-0.4, -0.2) is 67.2 Å². The number of likely N-dealkylation sites (tertiary alicyclic amines) is 1. The maximum atomic E-state index is 11.8. The molecule has 8 nitrogen and oxygen atoms in total. The van der Waals surface area contributed by atoms with Gasteiger partial charge in [-0.25, -0.2) is 0 Å². The molecule has 0 amide bonds. The predicted molar refractivity (Wildman–Crippen MR) is 109 cm³/mol. The summed E-state index contributed by atoms with van der Waals surface area (Å²) in [4.78, 5) is 14.2. The molecule has 0 saturated carbocycles. The zero-order valence-electron chi connectivity index (χ0n) is 17.4. The minimum absolute atomic E-state index is 0.0320. The fraction of sp³-hybridized carbons (Fsp3) is 0.636. The van der Waals surface area contributed by atoms with Crippen LogP contribution >= 0.6 is 0 Å². The van der Waals surface area contributed by atoms with Crippen LogP contribution in [0.3, 0.4) is 0 Å². The van der Waals surface area contributed by atoms with Gasteiger partial charge >= 0.3 is 5.97 Å². The molecule has 2 saturated heterocycles. The maximum absolute atomic E-state index is 11.8. The van der Waals surface area contributed by atoms with Gasteiger partial charge in [-0.05, 0) is 68.4 Å². The highest BCUT2D eigenvalue weighted by Gasteiger charge is 2.30. The number of methoxy groups -OCH3 is 1. The van der Waals surface area contributed by atoms with Gasteiger partial charge in [0.15, 0.2) is 5.58 Å².